The van der Waals surface area contributed by atoms with Gasteiger partial charge in [-0.3, -0.25) is 5.41 Å². The molecule has 0 spiro atoms. The van der Waals surface area contributed by atoms with Crippen LogP contribution in [0.15, 0.2) is 65.3 Å². The van der Waals surface area contributed by atoms with Crippen LogP contribution in [0, 0.1) is 5.41 Å². The van der Waals surface area contributed by atoms with Gasteiger partial charge in [0.1, 0.15) is 0 Å². The van der Waals surface area contributed by atoms with Crippen LogP contribution in [0.2, 0.25) is 0 Å². The second-order valence-electron chi connectivity index (χ2n) is 4.77. The number of primary sulfonamides is 1. The van der Waals surface area contributed by atoms with Crippen LogP contribution in [0.3, 0.4) is 0 Å². The summed E-state index contributed by atoms with van der Waals surface area (Å²) in [5.74, 6) is -0.0165. The lowest BCUT2D eigenvalue weighted by molar-refractivity contribution is 0.418. The lowest BCUT2D eigenvalue weighted by atomic mass is 9.95. The fourth-order valence-corrected chi connectivity index (χ4v) is 2.61. The topological polar surface area (TPSA) is 104 Å². The van der Waals surface area contributed by atoms with Crippen molar-refractivity contribution in [2.24, 2.45) is 5.14 Å². The molecule has 0 heterocycles. The number of aliphatic hydroxyl groups excluding tert-OH is 1. The first-order valence-electron chi connectivity index (χ1n) is 6.48. The molecule has 0 saturated carbocycles. The van der Waals surface area contributed by atoms with E-state index in [0.717, 1.165) is 0 Å². The number of sulfonamides is 1. The number of nitrogens with one attached hydrogen (secondary N) is 1. The Hall–Kier alpha value is -2.44. The van der Waals surface area contributed by atoms with Crippen molar-refractivity contribution in [3.8, 4) is 0 Å². The average molecular weight is 316 g/mol. The molecule has 5 nitrogen and oxygen atoms in total. The highest BCUT2D eigenvalue weighted by molar-refractivity contribution is 7.89. The first-order valence-corrected chi connectivity index (χ1v) is 8.03. The Morgan fingerprint density at radius 1 is 1.00 bits per heavy atom. The molecule has 2 aromatic rings. The Morgan fingerprint density at radius 2 is 1.55 bits per heavy atom. The van der Waals surface area contributed by atoms with Crippen molar-refractivity contribution < 1.29 is 13.5 Å². The van der Waals surface area contributed by atoms with E-state index in [1.807, 2.05) is 6.07 Å². The zero-order chi connectivity index (χ0) is 16.3. The minimum atomic E-state index is -3.77. The van der Waals surface area contributed by atoms with Crippen molar-refractivity contribution in [1.82, 2.24) is 0 Å². The molecule has 0 unspecified atom stereocenters. The van der Waals surface area contributed by atoms with E-state index < -0.39 is 10.0 Å². The van der Waals surface area contributed by atoms with Crippen LogP contribution in [0.1, 0.15) is 18.1 Å². The lowest BCUT2D eigenvalue weighted by Gasteiger charge is -2.12. The van der Waals surface area contributed by atoms with Crippen molar-refractivity contribution in [2.45, 2.75) is 11.8 Å². The maximum Gasteiger partial charge on any atom is 0.238 e. The van der Waals surface area contributed by atoms with Gasteiger partial charge < -0.3 is 5.11 Å². The second kappa shape index (κ2) is 6.13. The quantitative estimate of drug-likeness (QED) is 0.596. The summed E-state index contributed by atoms with van der Waals surface area (Å²) in [7, 11) is -3.77. The first kappa shape index (κ1) is 15.9. The second-order valence-corrected chi connectivity index (χ2v) is 6.33. The summed E-state index contributed by atoms with van der Waals surface area (Å²) >= 11 is 0. The molecule has 0 amide bonds. The van der Waals surface area contributed by atoms with Crippen LogP contribution in [0.25, 0.3) is 5.57 Å². The minimum Gasteiger partial charge on any atom is -0.512 e. The van der Waals surface area contributed by atoms with Crippen molar-refractivity contribution in [2.75, 3.05) is 0 Å². The van der Waals surface area contributed by atoms with Gasteiger partial charge in [-0.05, 0) is 24.6 Å². The number of rotatable bonds is 4. The van der Waals surface area contributed by atoms with Gasteiger partial charge in [-0.25, -0.2) is 13.6 Å². The van der Waals surface area contributed by atoms with Crippen molar-refractivity contribution >= 4 is 21.3 Å². The van der Waals surface area contributed by atoms with Crippen LogP contribution < -0.4 is 5.14 Å². The number of allylic oxidation sites excluding steroid dienone is 2. The van der Waals surface area contributed by atoms with E-state index in [1.165, 1.54) is 31.2 Å². The van der Waals surface area contributed by atoms with E-state index >= 15 is 0 Å². The third kappa shape index (κ3) is 3.41. The fraction of sp³-hybridized carbons (Fsp3) is 0.0625. The van der Waals surface area contributed by atoms with Gasteiger partial charge in [0.05, 0.1) is 16.4 Å². The van der Waals surface area contributed by atoms with Crippen LogP contribution in [0.5, 0.6) is 0 Å². The molecular weight excluding hydrogens is 300 g/mol. The Balaban J connectivity index is 2.47. The predicted molar refractivity (Wildman–Crippen MR) is 86.3 cm³/mol. The third-order valence-corrected chi connectivity index (χ3v) is 4.08. The summed E-state index contributed by atoms with van der Waals surface area (Å²) < 4.78 is 22.6. The number of hydrogen-bond donors (Lipinski definition) is 3. The molecule has 0 aliphatic rings. The van der Waals surface area contributed by atoms with E-state index in [9.17, 15) is 13.5 Å². The predicted octanol–water partition coefficient (Wildman–Crippen LogP) is 2.69. The molecule has 0 fully saturated rings. The minimum absolute atomic E-state index is 0.0163. The van der Waals surface area contributed by atoms with Crippen molar-refractivity contribution in [3.05, 3.63) is 71.5 Å². The molecule has 0 aliphatic heterocycles. The van der Waals surface area contributed by atoms with Crippen LogP contribution in [-0.2, 0) is 10.0 Å². The Labute approximate surface area is 129 Å². The van der Waals surface area contributed by atoms with Crippen LogP contribution >= 0.6 is 0 Å². The number of benzene rings is 2. The highest BCUT2D eigenvalue weighted by Crippen LogP contribution is 2.23. The van der Waals surface area contributed by atoms with Gasteiger partial charge in [0.2, 0.25) is 10.0 Å². The van der Waals surface area contributed by atoms with E-state index in [-0.39, 0.29) is 16.4 Å². The molecule has 0 bridgehead atoms. The summed E-state index contributed by atoms with van der Waals surface area (Å²) in [5.41, 5.74) is 1.69. The van der Waals surface area contributed by atoms with E-state index in [1.54, 1.807) is 24.3 Å². The Morgan fingerprint density at radius 3 is 2.00 bits per heavy atom. The molecule has 22 heavy (non-hydrogen) atoms. The summed E-state index contributed by atoms with van der Waals surface area (Å²) in [6.45, 7) is 1.49. The third-order valence-electron chi connectivity index (χ3n) is 3.15. The molecule has 0 saturated heterocycles. The number of aliphatic hydroxyl groups is 1. The van der Waals surface area contributed by atoms with E-state index in [2.05, 4.69) is 0 Å². The molecule has 0 atom stereocenters. The molecule has 0 aliphatic carbocycles. The molecule has 2 rings (SSSR count). The summed E-state index contributed by atoms with van der Waals surface area (Å²) in [6, 6.07) is 14.7. The van der Waals surface area contributed by atoms with Crippen molar-refractivity contribution in [1.29, 1.82) is 5.41 Å². The summed E-state index contributed by atoms with van der Waals surface area (Å²) in [6.07, 6.45) is 0. The smallest absolute Gasteiger partial charge is 0.238 e. The van der Waals surface area contributed by atoms with Gasteiger partial charge in [0.15, 0.2) is 0 Å². The average Bonchev–Trinajstić information content (AvgIpc) is 2.47. The fourth-order valence-electron chi connectivity index (χ4n) is 2.09. The van der Waals surface area contributed by atoms with Gasteiger partial charge in [-0.2, -0.15) is 0 Å². The molecule has 4 N–H and O–H groups in total. The maximum absolute atomic E-state index is 11.3. The number of hydrogen-bond acceptors (Lipinski definition) is 4. The first-order chi connectivity index (χ1) is 10.3. The highest BCUT2D eigenvalue weighted by Gasteiger charge is 2.15. The number of nitrogens with two attached hydrogens (primary N) is 1. The monoisotopic (exact) mass is 316 g/mol. The summed E-state index contributed by atoms with van der Waals surface area (Å²) in [4.78, 5) is -0.0163. The zero-order valence-corrected chi connectivity index (χ0v) is 12.8. The molecule has 6 heteroatoms. The lowest BCUT2D eigenvalue weighted by Crippen LogP contribution is -2.12. The molecule has 114 valence electrons. The Kier molecular flexibility index (Phi) is 4.44. The van der Waals surface area contributed by atoms with Gasteiger partial charge in [0.25, 0.3) is 0 Å². The normalized spacial score (nSPS) is 12.6. The van der Waals surface area contributed by atoms with E-state index in [4.69, 9.17) is 10.5 Å². The van der Waals surface area contributed by atoms with Gasteiger partial charge in [0, 0.05) is 11.1 Å². The van der Waals surface area contributed by atoms with Gasteiger partial charge >= 0.3 is 0 Å². The molecular formula is C16H16N2O3S. The summed E-state index contributed by atoms with van der Waals surface area (Å²) in [5, 5.41) is 23.3. The van der Waals surface area contributed by atoms with E-state index in [0.29, 0.717) is 16.7 Å². The molecule has 0 aromatic heterocycles. The van der Waals surface area contributed by atoms with Crippen molar-refractivity contribution in [3.63, 3.8) is 0 Å². The Bertz CT molecular complexity index is 819. The van der Waals surface area contributed by atoms with Gasteiger partial charge in [-0.15, -0.1) is 0 Å². The highest BCUT2D eigenvalue weighted by atomic mass is 32.2. The molecule has 2 aromatic carbocycles. The molecule has 0 radical (unpaired) electrons. The van der Waals surface area contributed by atoms with Gasteiger partial charge in [-0.1, -0.05) is 42.5 Å². The largest absolute Gasteiger partial charge is 0.512 e. The maximum atomic E-state index is 11.3. The van der Waals surface area contributed by atoms with Crippen LogP contribution in [-0.4, -0.2) is 19.2 Å². The SMILES string of the molecule is C/C(O)=C(/C(=N)c1ccccc1)c1ccc(S(N)(=O)=O)cc1. The standard InChI is InChI=1S/C16H16N2O3S/c1-11(19)15(16(17)13-5-3-2-4-6-13)12-7-9-14(10-8-12)22(18,20)21/h2-10,17,19H,1H3,(H2,18,20,21)/b15-11-,17-16?. The zero-order valence-electron chi connectivity index (χ0n) is 11.9. The van der Waals surface area contributed by atoms with Crippen LogP contribution in [0.4, 0.5) is 0 Å².